The average Bonchev–Trinajstić information content (AvgIpc) is 3.07. The van der Waals surface area contributed by atoms with Crippen molar-refractivity contribution in [1.29, 1.82) is 0 Å². The SMILES string of the molecule is CC(C)(C)c1ccc(C(=O)COC(=O)/C=C/c2nc3ccccc3o2)cc1. The van der Waals surface area contributed by atoms with Gasteiger partial charge in [0, 0.05) is 17.7 Å². The highest BCUT2D eigenvalue weighted by Gasteiger charge is 2.15. The summed E-state index contributed by atoms with van der Waals surface area (Å²) in [5.41, 5.74) is 3.01. The Morgan fingerprint density at radius 1 is 1.07 bits per heavy atom. The number of ketones is 1. The lowest BCUT2D eigenvalue weighted by molar-refractivity contribution is -0.136. The quantitative estimate of drug-likeness (QED) is 0.377. The van der Waals surface area contributed by atoms with Gasteiger partial charge in [-0.1, -0.05) is 57.2 Å². The molecule has 0 N–H and O–H groups in total. The van der Waals surface area contributed by atoms with Crippen molar-refractivity contribution in [2.24, 2.45) is 0 Å². The number of oxazole rings is 1. The molecule has 0 spiro atoms. The summed E-state index contributed by atoms with van der Waals surface area (Å²) in [6.45, 7) is 6.00. The molecule has 0 radical (unpaired) electrons. The molecule has 0 saturated carbocycles. The Labute approximate surface area is 157 Å². The highest BCUT2D eigenvalue weighted by Crippen LogP contribution is 2.22. The molecule has 0 bridgehead atoms. The zero-order chi connectivity index (χ0) is 19.4. The predicted octanol–water partition coefficient (Wildman–Crippen LogP) is 4.56. The van der Waals surface area contributed by atoms with Gasteiger partial charge in [0.15, 0.2) is 18.0 Å². The second kappa shape index (κ2) is 7.58. The number of rotatable bonds is 5. The van der Waals surface area contributed by atoms with E-state index in [1.807, 2.05) is 30.3 Å². The second-order valence-electron chi connectivity index (χ2n) is 7.21. The van der Waals surface area contributed by atoms with Crippen LogP contribution in [0.5, 0.6) is 0 Å². The van der Waals surface area contributed by atoms with E-state index >= 15 is 0 Å². The maximum Gasteiger partial charge on any atom is 0.331 e. The first kappa shape index (κ1) is 18.6. The van der Waals surface area contributed by atoms with Crippen molar-refractivity contribution >= 4 is 28.9 Å². The molecule has 0 aliphatic heterocycles. The van der Waals surface area contributed by atoms with Crippen LogP contribution in [-0.2, 0) is 14.9 Å². The Hall–Kier alpha value is -3.21. The van der Waals surface area contributed by atoms with Gasteiger partial charge in [0.1, 0.15) is 5.52 Å². The van der Waals surface area contributed by atoms with Crippen LogP contribution in [0, 0.1) is 0 Å². The normalized spacial score (nSPS) is 11.8. The molecular formula is C22H21NO4. The number of carbonyl (C=O) groups is 2. The van der Waals surface area contributed by atoms with Gasteiger partial charge in [-0.25, -0.2) is 9.78 Å². The van der Waals surface area contributed by atoms with E-state index in [1.54, 1.807) is 18.2 Å². The zero-order valence-corrected chi connectivity index (χ0v) is 15.6. The van der Waals surface area contributed by atoms with E-state index in [2.05, 4.69) is 25.8 Å². The number of aromatic nitrogens is 1. The van der Waals surface area contributed by atoms with Gasteiger partial charge >= 0.3 is 5.97 Å². The van der Waals surface area contributed by atoms with Crippen molar-refractivity contribution < 1.29 is 18.7 Å². The molecule has 0 aliphatic carbocycles. The maximum atomic E-state index is 12.2. The third kappa shape index (κ3) is 4.70. The monoisotopic (exact) mass is 363 g/mol. The number of para-hydroxylation sites is 2. The van der Waals surface area contributed by atoms with E-state index in [9.17, 15) is 9.59 Å². The minimum Gasteiger partial charge on any atom is -0.454 e. The number of ether oxygens (including phenoxy) is 1. The third-order valence-electron chi connectivity index (χ3n) is 4.09. The molecule has 0 fully saturated rings. The zero-order valence-electron chi connectivity index (χ0n) is 15.6. The Bertz CT molecular complexity index is 958. The molecule has 1 heterocycles. The van der Waals surface area contributed by atoms with Crippen molar-refractivity contribution in [2.45, 2.75) is 26.2 Å². The number of benzene rings is 2. The molecule has 0 amide bonds. The number of fused-ring (bicyclic) bond motifs is 1. The topological polar surface area (TPSA) is 69.4 Å². The fourth-order valence-electron chi connectivity index (χ4n) is 2.52. The van der Waals surface area contributed by atoms with Crippen LogP contribution >= 0.6 is 0 Å². The summed E-state index contributed by atoms with van der Waals surface area (Å²) in [7, 11) is 0. The number of hydrogen-bond acceptors (Lipinski definition) is 5. The fraction of sp³-hybridized carbons (Fsp3) is 0.227. The molecule has 1 aromatic heterocycles. The van der Waals surface area contributed by atoms with Gasteiger partial charge in [0.2, 0.25) is 5.89 Å². The first-order valence-electron chi connectivity index (χ1n) is 8.67. The number of carbonyl (C=O) groups excluding carboxylic acids is 2. The van der Waals surface area contributed by atoms with Crippen LogP contribution in [-0.4, -0.2) is 23.3 Å². The van der Waals surface area contributed by atoms with Crippen LogP contribution in [0.25, 0.3) is 17.2 Å². The molecule has 0 aliphatic rings. The number of nitrogens with zero attached hydrogens (tertiary/aromatic N) is 1. The summed E-state index contributed by atoms with van der Waals surface area (Å²) < 4.78 is 10.5. The minimum absolute atomic E-state index is 0.0174. The van der Waals surface area contributed by atoms with Crippen LogP contribution in [0.4, 0.5) is 0 Å². The highest BCUT2D eigenvalue weighted by molar-refractivity contribution is 5.98. The van der Waals surface area contributed by atoms with Crippen molar-refractivity contribution in [2.75, 3.05) is 6.61 Å². The molecule has 138 valence electrons. The van der Waals surface area contributed by atoms with Crippen molar-refractivity contribution in [3.05, 3.63) is 71.6 Å². The summed E-state index contributed by atoms with van der Waals surface area (Å²) >= 11 is 0. The summed E-state index contributed by atoms with van der Waals surface area (Å²) in [5, 5.41) is 0. The van der Waals surface area contributed by atoms with Crippen molar-refractivity contribution in [3.63, 3.8) is 0 Å². The minimum atomic E-state index is -0.628. The summed E-state index contributed by atoms with van der Waals surface area (Å²) in [5.74, 6) is -0.576. The molecule has 2 aromatic carbocycles. The Morgan fingerprint density at radius 3 is 2.44 bits per heavy atom. The van der Waals surface area contributed by atoms with Gasteiger partial charge in [-0.05, 0) is 23.1 Å². The third-order valence-corrected chi connectivity index (χ3v) is 4.09. The van der Waals surface area contributed by atoms with Gasteiger partial charge in [0.05, 0.1) is 0 Å². The Kier molecular flexibility index (Phi) is 5.21. The Balaban J connectivity index is 1.56. The summed E-state index contributed by atoms with van der Waals surface area (Å²) in [6, 6.07) is 14.7. The first-order chi connectivity index (χ1) is 12.8. The Morgan fingerprint density at radius 2 is 1.78 bits per heavy atom. The second-order valence-corrected chi connectivity index (χ2v) is 7.21. The molecule has 3 rings (SSSR count). The molecule has 27 heavy (non-hydrogen) atoms. The summed E-state index contributed by atoms with van der Waals surface area (Å²) in [6.07, 6.45) is 2.62. The fourth-order valence-corrected chi connectivity index (χ4v) is 2.52. The van der Waals surface area contributed by atoms with Crippen LogP contribution in [0.15, 0.2) is 59.0 Å². The van der Waals surface area contributed by atoms with Crippen molar-refractivity contribution in [1.82, 2.24) is 4.98 Å². The summed E-state index contributed by atoms with van der Waals surface area (Å²) in [4.78, 5) is 28.2. The first-order valence-corrected chi connectivity index (χ1v) is 8.67. The molecule has 0 atom stereocenters. The molecule has 5 heteroatoms. The van der Waals surface area contributed by atoms with E-state index < -0.39 is 5.97 Å². The number of Topliss-reactive ketones (excluding diaryl/α,β-unsaturated/α-hetero) is 1. The molecule has 5 nitrogen and oxygen atoms in total. The average molecular weight is 363 g/mol. The smallest absolute Gasteiger partial charge is 0.331 e. The van der Waals surface area contributed by atoms with Gasteiger partial charge < -0.3 is 9.15 Å². The molecule has 0 saturated heterocycles. The number of esters is 1. The van der Waals surface area contributed by atoms with E-state index in [4.69, 9.17) is 9.15 Å². The van der Waals surface area contributed by atoms with Crippen LogP contribution in [0.3, 0.4) is 0 Å². The molecule has 0 unspecified atom stereocenters. The highest BCUT2D eigenvalue weighted by atomic mass is 16.5. The molecular weight excluding hydrogens is 342 g/mol. The van der Waals surface area contributed by atoms with Gasteiger partial charge in [0.25, 0.3) is 0 Å². The van der Waals surface area contributed by atoms with E-state index in [-0.39, 0.29) is 17.8 Å². The van der Waals surface area contributed by atoms with Crippen LogP contribution in [0.1, 0.15) is 42.6 Å². The van der Waals surface area contributed by atoms with Gasteiger partial charge in [-0.2, -0.15) is 0 Å². The van der Waals surface area contributed by atoms with Gasteiger partial charge in [-0.15, -0.1) is 0 Å². The van der Waals surface area contributed by atoms with E-state index in [1.165, 1.54) is 12.2 Å². The standard InChI is InChI=1S/C22H21NO4/c1-22(2,3)16-10-8-15(9-11-16)18(24)14-26-21(25)13-12-20-23-17-6-4-5-7-19(17)27-20/h4-13H,14H2,1-3H3/b13-12+. The lowest BCUT2D eigenvalue weighted by atomic mass is 9.86. The molecule has 3 aromatic rings. The lowest BCUT2D eigenvalue weighted by Crippen LogP contribution is -2.14. The largest absolute Gasteiger partial charge is 0.454 e. The lowest BCUT2D eigenvalue weighted by Gasteiger charge is -2.18. The van der Waals surface area contributed by atoms with E-state index in [0.717, 1.165) is 5.56 Å². The maximum absolute atomic E-state index is 12.2. The van der Waals surface area contributed by atoms with E-state index in [0.29, 0.717) is 22.6 Å². The van der Waals surface area contributed by atoms with Crippen LogP contribution in [0.2, 0.25) is 0 Å². The van der Waals surface area contributed by atoms with Crippen LogP contribution < -0.4 is 0 Å². The van der Waals surface area contributed by atoms with Crippen molar-refractivity contribution in [3.8, 4) is 0 Å². The number of hydrogen-bond donors (Lipinski definition) is 0. The van der Waals surface area contributed by atoms with Gasteiger partial charge in [-0.3, -0.25) is 4.79 Å². The predicted molar refractivity (Wildman–Crippen MR) is 103 cm³/mol.